The Labute approximate surface area is 226 Å². The number of halogens is 2. The molecule has 3 amide bonds. The number of hydrogen-bond acceptors (Lipinski definition) is 6. The van der Waals surface area contributed by atoms with Gasteiger partial charge in [-0.1, -0.05) is 48.5 Å². The molecule has 0 unspecified atom stereocenters. The van der Waals surface area contributed by atoms with Crippen molar-refractivity contribution in [3.8, 4) is 5.75 Å². The molecule has 0 aromatic heterocycles. The van der Waals surface area contributed by atoms with Gasteiger partial charge in [-0.05, 0) is 28.3 Å². The molecule has 3 aromatic rings. The van der Waals surface area contributed by atoms with Gasteiger partial charge in [-0.25, -0.2) is 0 Å². The fourth-order valence-corrected chi connectivity index (χ4v) is 7.21. The molecule has 2 bridgehead atoms. The number of carbonyl (C=O) groups excluding carboxylic acids is 3. The Hall–Kier alpha value is -3.95. The highest BCUT2D eigenvalue weighted by molar-refractivity contribution is 6.36. The van der Waals surface area contributed by atoms with E-state index in [-0.39, 0.29) is 17.1 Å². The van der Waals surface area contributed by atoms with Gasteiger partial charge in [-0.3, -0.25) is 29.4 Å². The summed E-state index contributed by atoms with van der Waals surface area (Å²) in [7, 11) is 1.38. The summed E-state index contributed by atoms with van der Waals surface area (Å²) < 4.78 is 5.10. The smallest absolute Gasteiger partial charge is 0.293 e. The molecule has 9 nitrogen and oxygen atoms in total. The van der Waals surface area contributed by atoms with Crippen molar-refractivity contribution < 1.29 is 24.0 Å². The standard InChI is InChI=1S/C27H19Cl2N3O6/c1-38-14-10-11-20(32(36)37)19(12-14)30-21(33)13-31-24(34)22-23(25(31)35)27(29)16-7-3-2-6-15(16)26(22,28)17-8-4-5-9-18(17)27/h2-12,22-23H,13H2,1H3,(H,30,33)/t22-,23-,26?,27?/m1/s1. The molecule has 1 aliphatic heterocycles. The molecule has 7 rings (SSSR count). The van der Waals surface area contributed by atoms with Gasteiger partial charge in [0.15, 0.2) is 0 Å². The number of likely N-dealkylation sites (tertiary alicyclic amines) is 1. The second kappa shape index (κ2) is 8.28. The number of anilines is 1. The molecule has 0 spiro atoms. The maximum atomic E-state index is 13.8. The zero-order valence-corrected chi connectivity index (χ0v) is 21.3. The lowest BCUT2D eigenvalue weighted by molar-refractivity contribution is -0.383. The number of nitro groups is 1. The number of nitrogens with one attached hydrogen (secondary N) is 1. The minimum Gasteiger partial charge on any atom is -0.497 e. The number of imide groups is 1. The molecule has 1 saturated heterocycles. The van der Waals surface area contributed by atoms with Crippen molar-refractivity contribution >= 4 is 52.3 Å². The topological polar surface area (TPSA) is 119 Å². The molecule has 11 heteroatoms. The molecule has 1 N–H and O–H groups in total. The van der Waals surface area contributed by atoms with E-state index < -0.39 is 50.8 Å². The summed E-state index contributed by atoms with van der Waals surface area (Å²) in [4.78, 5) is 49.6. The van der Waals surface area contributed by atoms with Crippen molar-refractivity contribution in [1.29, 1.82) is 0 Å². The van der Waals surface area contributed by atoms with E-state index in [1.807, 2.05) is 0 Å². The molecule has 38 heavy (non-hydrogen) atoms. The van der Waals surface area contributed by atoms with E-state index in [1.54, 1.807) is 48.5 Å². The van der Waals surface area contributed by atoms with Crippen LogP contribution in [0.1, 0.15) is 22.3 Å². The number of ether oxygens (including phenoxy) is 1. The van der Waals surface area contributed by atoms with Gasteiger partial charge in [0.2, 0.25) is 17.7 Å². The molecule has 3 aromatic carbocycles. The van der Waals surface area contributed by atoms with Crippen LogP contribution in [0.5, 0.6) is 5.75 Å². The molecule has 1 fully saturated rings. The van der Waals surface area contributed by atoms with Crippen molar-refractivity contribution in [3.63, 3.8) is 0 Å². The maximum absolute atomic E-state index is 13.8. The summed E-state index contributed by atoms with van der Waals surface area (Å²) in [6, 6.07) is 18.3. The molecule has 0 radical (unpaired) electrons. The molecular weight excluding hydrogens is 533 g/mol. The summed E-state index contributed by atoms with van der Waals surface area (Å²) in [5.41, 5.74) is 2.10. The number of carbonyl (C=O) groups is 3. The Morgan fingerprint density at radius 2 is 1.42 bits per heavy atom. The van der Waals surface area contributed by atoms with Gasteiger partial charge in [0.25, 0.3) is 5.69 Å². The van der Waals surface area contributed by atoms with E-state index in [0.29, 0.717) is 22.3 Å². The van der Waals surface area contributed by atoms with Gasteiger partial charge in [-0.15, -0.1) is 23.2 Å². The number of alkyl halides is 2. The van der Waals surface area contributed by atoms with Crippen LogP contribution in [0, 0.1) is 22.0 Å². The van der Waals surface area contributed by atoms with E-state index in [1.165, 1.54) is 25.3 Å². The first-order valence-electron chi connectivity index (χ1n) is 11.7. The van der Waals surface area contributed by atoms with Gasteiger partial charge < -0.3 is 10.1 Å². The highest BCUT2D eigenvalue weighted by Gasteiger charge is 2.73. The number of methoxy groups -OCH3 is 1. The van der Waals surface area contributed by atoms with Gasteiger partial charge >= 0.3 is 0 Å². The molecule has 4 aliphatic rings. The minimum absolute atomic E-state index is 0.127. The predicted molar refractivity (Wildman–Crippen MR) is 138 cm³/mol. The third kappa shape index (κ3) is 3.03. The van der Waals surface area contributed by atoms with Crippen molar-refractivity contribution in [2.45, 2.75) is 9.75 Å². The van der Waals surface area contributed by atoms with Crippen LogP contribution in [0.2, 0.25) is 0 Å². The first-order chi connectivity index (χ1) is 18.1. The summed E-state index contributed by atoms with van der Waals surface area (Å²) >= 11 is 14.7. The van der Waals surface area contributed by atoms with Crippen molar-refractivity contribution in [3.05, 3.63) is 99.1 Å². The zero-order chi connectivity index (χ0) is 27.0. The molecule has 3 aliphatic carbocycles. The number of amides is 3. The van der Waals surface area contributed by atoms with Crippen molar-refractivity contribution in [2.75, 3.05) is 19.0 Å². The largest absolute Gasteiger partial charge is 0.497 e. The van der Waals surface area contributed by atoms with Gasteiger partial charge in [0.05, 0.1) is 23.9 Å². The number of benzene rings is 3. The van der Waals surface area contributed by atoms with Crippen LogP contribution in [0.15, 0.2) is 66.7 Å². The molecule has 1 heterocycles. The Balaban J connectivity index is 1.39. The lowest BCUT2D eigenvalue weighted by atomic mass is 9.54. The molecular formula is C27H19Cl2N3O6. The van der Waals surface area contributed by atoms with Crippen LogP contribution in [0.25, 0.3) is 0 Å². The van der Waals surface area contributed by atoms with Crippen LogP contribution < -0.4 is 10.1 Å². The first-order valence-corrected chi connectivity index (χ1v) is 12.4. The number of hydrogen-bond donors (Lipinski definition) is 1. The summed E-state index contributed by atoms with van der Waals surface area (Å²) in [5, 5.41) is 13.9. The van der Waals surface area contributed by atoms with Gasteiger partial charge in [0, 0.05) is 12.1 Å². The Morgan fingerprint density at radius 3 is 1.84 bits per heavy atom. The van der Waals surface area contributed by atoms with Crippen molar-refractivity contribution in [2.24, 2.45) is 11.8 Å². The predicted octanol–water partition coefficient (Wildman–Crippen LogP) is 4.14. The van der Waals surface area contributed by atoms with Gasteiger partial charge in [-0.2, -0.15) is 0 Å². The van der Waals surface area contributed by atoms with E-state index in [2.05, 4.69) is 5.32 Å². The highest BCUT2D eigenvalue weighted by atomic mass is 35.5. The zero-order valence-electron chi connectivity index (χ0n) is 19.8. The number of nitrogens with zero attached hydrogens (tertiary/aromatic N) is 2. The maximum Gasteiger partial charge on any atom is 0.293 e. The fraction of sp³-hybridized carbons (Fsp3) is 0.222. The normalized spacial score (nSPS) is 26.4. The van der Waals surface area contributed by atoms with Crippen LogP contribution in [-0.4, -0.2) is 41.2 Å². The lowest BCUT2D eigenvalue weighted by Crippen LogP contribution is -2.57. The molecule has 192 valence electrons. The third-order valence-electron chi connectivity index (χ3n) is 7.65. The van der Waals surface area contributed by atoms with E-state index >= 15 is 0 Å². The Bertz CT molecular complexity index is 1450. The summed E-state index contributed by atoms with van der Waals surface area (Å²) in [6.07, 6.45) is 0. The fourth-order valence-electron chi connectivity index (χ4n) is 6.12. The minimum atomic E-state index is -1.36. The molecule has 0 saturated carbocycles. The SMILES string of the molecule is COc1ccc([N+](=O)[O-])c(NC(=O)CN2C(=O)[C@H]3[C@H](C2=O)C2(Cl)c4ccccc4C3(Cl)c3ccccc32)c1. The first kappa shape index (κ1) is 24.4. The van der Waals surface area contributed by atoms with E-state index in [0.717, 1.165) is 4.90 Å². The van der Waals surface area contributed by atoms with Gasteiger partial charge in [0.1, 0.15) is 27.7 Å². The van der Waals surface area contributed by atoms with Crippen LogP contribution >= 0.6 is 23.2 Å². The Kier molecular flexibility index (Phi) is 5.31. The number of nitro benzene ring substituents is 1. The third-order valence-corrected chi connectivity index (χ3v) is 8.94. The molecule has 2 atom stereocenters. The lowest BCUT2D eigenvalue weighted by Gasteiger charge is -2.54. The average Bonchev–Trinajstić information content (AvgIpc) is 3.17. The van der Waals surface area contributed by atoms with Crippen molar-refractivity contribution in [1.82, 2.24) is 4.90 Å². The van der Waals surface area contributed by atoms with Crippen LogP contribution in [0.4, 0.5) is 11.4 Å². The monoisotopic (exact) mass is 551 g/mol. The van der Waals surface area contributed by atoms with Crippen LogP contribution in [0.3, 0.4) is 0 Å². The highest BCUT2D eigenvalue weighted by Crippen LogP contribution is 2.69. The quantitative estimate of drug-likeness (QED) is 0.220. The summed E-state index contributed by atoms with van der Waals surface area (Å²) in [5.74, 6) is -3.85. The second-order valence-corrected chi connectivity index (χ2v) is 10.6. The number of rotatable bonds is 5. The van der Waals surface area contributed by atoms with E-state index in [9.17, 15) is 24.5 Å². The Morgan fingerprint density at radius 1 is 0.947 bits per heavy atom. The van der Waals surface area contributed by atoms with E-state index in [4.69, 9.17) is 27.9 Å². The van der Waals surface area contributed by atoms with Crippen LogP contribution in [-0.2, 0) is 24.1 Å². The second-order valence-electron chi connectivity index (χ2n) is 9.42. The summed E-state index contributed by atoms with van der Waals surface area (Å²) in [6.45, 7) is -0.661. The average molecular weight is 552 g/mol.